The van der Waals surface area contributed by atoms with Crippen molar-refractivity contribution in [3.63, 3.8) is 0 Å². The van der Waals surface area contributed by atoms with Crippen molar-refractivity contribution in [1.29, 1.82) is 0 Å². The third-order valence-corrected chi connectivity index (χ3v) is 4.54. The van der Waals surface area contributed by atoms with Crippen molar-refractivity contribution in [1.82, 2.24) is 4.90 Å². The molecule has 4 nitrogen and oxygen atoms in total. The summed E-state index contributed by atoms with van der Waals surface area (Å²) in [6.07, 6.45) is 4.96. The second-order valence-corrected chi connectivity index (χ2v) is 6.36. The van der Waals surface area contributed by atoms with Gasteiger partial charge in [0, 0.05) is 13.6 Å². The minimum Gasteiger partial charge on any atom is -0.493 e. The standard InChI is InChI=1S/C18H27NO3/c1-15-7-3-4-8-16(15)22-14-9-17(20)19(2)13-12-18(21)10-5-6-11-18/h3-4,7-8,21H,5-6,9-14H2,1-2H3. The van der Waals surface area contributed by atoms with Crippen LogP contribution < -0.4 is 4.74 Å². The van der Waals surface area contributed by atoms with E-state index in [-0.39, 0.29) is 5.91 Å². The number of hydrogen-bond donors (Lipinski definition) is 1. The molecule has 2 rings (SSSR count). The quantitative estimate of drug-likeness (QED) is 0.842. The van der Waals surface area contributed by atoms with Gasteiger partial charge in [-0.3, -0.25) is 4.79 Å². The Balaban J connectivity index is 1.69. The summed E-state index contributed by atoms with van der Waals surface area (Å²) < 4.78 is 5.66. The highest BCUT2D eigenvalue weighted by atomic mass is 16.5. The summed E-state index contributed by atoms with van der Waals surface area (Å²) in [7, 11) is 1.80. The van der Waals surface area contributed by atoms with Crippen molar-refractivity contribution >= 4 is 5.91 Å². The van der Waals surface area contributed by atoms with Crippen molar-refractivity contribution in [2.75, 3.05) is 20.2 Å². The van der Waals surface area contributed by atoms with Crippen LogP contribution >= 0.6 is 0 Å². The maximum Gasteiger partial charge on any atom is 0.225 e. The lowest BCUT2D eigenvalue weighted by Gasteiger charge is -2.25. The second kappa shape index (κ2) is 7.63. The molecule has 1 aromatic carbocycles. The van der Waals surface area contributed by atoms with Crippen LogP contribution in [0.4, 0.5) is 0 Å². The molecule has 4 heteroatoms. The number of para-hydroxylation sites is 1. The minimum absolute atomic E-state index is 0.0650. The van der Waals surface area contributed by atoms with Crippen molar-refractivity contribution in [2.45, 2.75) is 51.0 Å². The molecule has 1 amide bonds. The van der Waals surface area contributed by atoms with Gasteiger partial charge in [0.1, 0.15) is 5.75 Å². The Hall–Kier alpha value is -1.55. The van der Waals surface area contributed by atoms with E-state index in [9.17, 15) is 9.90 Å². The summed E-state index contributed by atoms with van der Waals surface area (Å²) in [5.41, 5.74) is 0.526. The van der Waals surface area contributed by atoms with E-state index < -0.39 is 5.60 Å². The van der Waals surface area contributed by atoms with Crippen LogP contribution in [0.1, 0.15) is 44.1 Å². The van der Waals surface area contributed by atoms with Crippen LogP contribution in [-0.4, -0.2) is 41.7 Å². The molecule has 0 unspecified atom stereocenters. The highest BCUT2D eigenvalue weighted by molar-refractivity contribution is 5.75. The van der Waals surface area contributed by atoms with Crippen LogP contribution in [0.3, 0.4) is 0 Å². The fourth-order valence-electron chi connectivity index (χ4n) is 2.94. The van der Waals surface area contributed by atoms with Gasteiger partial charge < -0.3 is 14.7 Å². The Bertz CT molecular complexity index is 495. The predicted molar refractivity (Wildman–Crippen MR) is 87.0 cm³/mol. The van der Waals surface area contributed by atoms with Gasteiger partial charge in [-0.15, -0.1) is 0 Å². The Morgan fingerprint density at radius 1 is 1.32 bits per heavy atom. The van der Waals surface area contributed by atoms with Crippen molar-refractivity contribution in [3.8, 4) is 5.75 Å². The smallest absolute Gasteiger partial charge is 0.225 e. The van der Waals surface area contributed by atoms with E-state index in [0.717, 1.165) is 37.0 Å². The minimum atomic E-state index is -0.549. The first-order valence-electron chi connectivity index (χ1n) is 8.15. The molecule has 22 heavy (non-hydrogen) atoms. The summed E-state index contributed by atoms with van der Waals surface area (Å²) in [4.78, 5) is 13.8. The zero-order valence-corrected chi connectivity index (χ0v) is 13.7. The first kappa shape index (κ1) is 16.8. The van der Waals surface area contributed by atoms with Gasteiger partial charge in [0.25, 0.3) is 0 Å². The highest BCUT2D eigenvalue weighted by Gasteiger charge is 2.31. The Morgan fingerprint density at radius 2 is 2.00 bits per heavy atom. The Kier molecular flexibility index (Phi) is 5.83. The van der Waals surface area contributed by atoms with Crippen LogP contribution in [0.25, 0.3) is 0 Å². The van der Waals surface area contributed by atoms with Gasteiger partial charge in [-0.1, -0.05) is 31.0 Å². The third kappa shape index (κ3) is 4.73. The zero-order valence-electron chi connectivity index (χ0n) is 13.7. The van der Waals surface area contributed by atoms with E-state index >= 15 is 0 Å². The number of aryl methyl sites for hydroxylation is 1. The summed E-state index contributed by atoms with van der Waals surface area (Å²) in [5.74, 6) is 0.897. The molecule has 0 radical (unpaired) electrons. The summed E-state index contributed by atoms with van der Waals surface area (Å²) in [5, 5.41) is 10.3. The molecule has 0 bridgehead atoms. The predicted octanol–water partition coefficient (Wildman–Crippen LogP) is 2.92. The van der Waals surface area contributed by atoms with Gasteiger partial charge in [0.15, 0.2) is 0 Å². The van der Waals surface area contributed by atoms with Gasteiger partial charge in [0.05, 0.1) is 18.6 Å². The molecule has 0 spiro atoms. The van der Waals surface area contributed by atoms with Crippen LogP contribution in [0.15, 0.2) is 24.3 Å². The molecule has 1 aliphatic carbocycles. The molecule has 1 N–H and O–H groups in total. The normalized spacial score (nSPS) is 16.5. The van der Waals surface area contributed by atoms with E-state index in [4.69, 9.17) is 4.74 Å². The van der Waals surface area contributed by atoms with Gasteiger partial charge in [-0.05, 0) is 37.8 Å². The number of benzene rings is 1. The third-order valence-electron chi connectivity index (χ3n) is 4.54. The molecule has 0 aromatic heterocycles. The van der Waals surface area contributed by atoms with E-state index in [1.807, 2.05) is 31.2 Å². The lowest BCUT2D eigenvalue weighted by Crippen LogP contribution is -2.35. The van der Waals surface area contributed by atoms with Crippen molar-refractivity contribution in [3.05, 3.63) is 29.8 Å². The molecule has 122 valence electrons. The maximum absolute atomic E-state index is 12.1. The van der Waals surface area contributed by atoms with E-state index in [1.165, 1.54) is 0 Å². The highest BCUT2D eigenvalue weighted by Crippen LogP contribution is 2.32. The molecular formula is C18H27NO3. The fraction of sp³-hybridized carbons (Fsp3) is 0.611. The SMILES string of the molecule is Cc1ccccc1OCCC(=O)N(C)CCC1(O)CCCC1. The summed E-state index contributed by atoms with van der Waals surface area (Å²) >= 11 is 0. The summed E-state index contributed by atoms with van der Waals surface area (Å²) in [6, 6.07) is 7.80. The van der Waals surface area contributed by atoms with Gasteiger partial charge in [-0.25, -0.2) is 0 Å². The first-order valence-corrected chi connectivity index (χ1v) is 8.15. The monoisotopic (exact) mass is 305 g/mol. The van der Waals surface area contributed by atoms with E-state index in [1.54, 1.807) is 11.9 Å². The molecular weight excluding hydrogens is 278 g/mol. The molecule has 0 atom stereocenters. The summed E-state index contributed by atoms with van der Waals surface area (Å²) in [6.45, 7) is 2.99. The topological polar surface area (TPSA) is 49.8 Å². The number of ether oxygens (including phenoxy) is 1. The lowest BCUT2D eigenvalue weighted by molar-refractivity contribution is -0.131. The molecule has 1 saturated carbocycles. The average Bonchev–Trinajstić information content (AvgIpc) is 2.94. The maximum atomic E-state index is 12.1. The first-order chi connectivity index (χ1) is 10.5. The molecule has 0 heterocycles. The van der Waals surface area contributed by atoms with Crippen LogP contribution in [0, 0.1) is 6.92 Å². The van der Waals surface area contributed by atoms with Gasteiger partial charge in [0.2, 0.25) is 5.91 Å². The Morgan fingerprint density at radius 3 is 2.68 bits per heavy atom. The number of carbonyl (C=O) groups is 1. The molecule has 0 aliphatic heterocycles. The lowest BCUT2D eigenvalue weighted by atomic mass is 9.98. The number of carbonyl (C=O) groups excluding carboxylic acids is 1. The number of hydrogen-bond acceptors (Lipinski definition) is 3. The van der Waals surface area contributed by atoms with E-state index in [2.05, 4.69) is 0 Å². The molecule has 1 fully saturated rings. The van der Waals surface area contributed by atoms with Crippen LogP contribution in [0.2, 0.25) is 0 Å². The number of nitrogens with zero attached hydrogens (tertiary/aromatic N) is 1. The largest absolute Gasteiger partial charge is 0.493 e. The van der Waals surface area contributed by atoms with E-state index in [0.29, 0.717) is 26.0 Å². The Labute approximate surface area is 133 Å². The zero-order chi connectivity index (χ0) is 16.0. The van der Waals surface area contributed by atoms with Crippen LogP contribution in [-0.2, 0) is 4.79 Å². The van der Waals surface area contributed by atoms with Gasteiger partial charge >= 0.3 is 0 Å². The van der Waals surface area contributed by atoms with Crippen molar-refractivity contribution < 1.29 is 14.6 Å². The van der Waals surface area contributed by atoms with Crippen molar-refractivity contribution in [2.24, 2.45) is 0 Å². The van der Waals surface area contributed by atoms with Gasteiger partial charge in [-0.2, -0.15) is 0 Å². The van der Waals surface area contributed by atoms with Crippen LogP contribution in [0.5, 0.6) is 5.75 Å². The second-order valence-electron chi connectivity index (χ2n) is 6.36. The molecule has 1 aliphatic rings. The number of rotatable bonds is 7. The number of amides is 1. The molecule has 0 saturated heterocycles. The molecule has 1 aromatic rings. The number of aliphatic hydroxyl groups is 1. The average molecular weight is 305 g/mol. The fourth-order valence-corrected chi connectivity index (χ4v) is 2.94.